The quantitative estimate of drug-likeness (QED) is 0.644. The third kappa shape index (κ3) is 8.06. The second kappa shape index (κ2) is 8.89. The standard InChI is InChI=1S/C15H34N2O/c1-8-17(10-11-18-9-2)14(4)13(3)12-16-15(5,6)7/h13-14,16H,8-12H2,1-7H3. The van der Waals surface area contributed by atoms with Crippen molar-refractivity contribution in [1.82, 2.24) is 10.2 Å². The number of nitrogens with zero attached hydrogens (tertiary/aromatic N) is 1. The molecule has 2 atom stereocenters. The molecule has 0 spiro atoms. The van der Waals surface area contributed by atoms with Crippen molar-refractivity contribution >= 4 is 0 Å². The van der Waals surface area contributed by atoms with Gasteiger partial charge in [-0.3, -0.25) is 4.90 Å². The average molecular weight is 258 g/mol. The van der Waals surface area contributed by atoms with Crippen LogP contribution in [0.5, 0.6) is 0 Å². The number of hydrogen-bond acceptors (Lipinski definition) is 3. The van der Waals surface area contributed by atoms with Gasteiger partial charge < -0.3 is 10.1 Å². The van der Waals surface area contributed by atoms with Crippen LogP contribution in [-0.2, 0) is 4.74 Å². The zero-order valence-electron chi connectivity index (χ0n) is 13.5. The molecular weight excluding hydrogens is 224 g/mol. The molecule has 0 aliphatic heterocycles. The van der Waals surface area contributed by atoms with Gasteiger partial charge in [0, 0.05) is 24.7 Å². The number of likely N-dealkylation sites (N-methyl/N-ethyl adjacent to an activating group) is 1. The molecule has 0 radical (unpaired) electrons. The first-order valence-electron chi connectivity index (χ1n) is 7.38. The van der Waals surface area contributed by atoms with Crippen LogP contribution in [0.2, 0.25) is 0 Å². The summed E-state index contributed by atoms with van der Waals surface area (Å²) in [6.45, 7) is 20.4. The summed E-state index contributed by atoms with van der Waals surface area (Å²) < 4.78 is 5.45. The van der Waals surface area contributed by atoms with Crippen molar-refractivity contribution in [2.45, 2.75) is 60.0 Å². The van der Waals surface area contributed by atoms with E-state index >= 15 is 0 Å². The molecule has 18 heavy (non-hydrogen) atoms. The minimum Gasteiger partial charge on any atom is -0.380 e. The summed E-state index contributed by atoms with van der Waals surface area (Å²) >= 11 is 0. The Morgan fingerprint density at radius 1 is 1.17 bits per heavy atom. The molecule has 3 heteroatoms. The lowest BCUT2D eigenvalue weighted by Crippen LogP contribution is -2.46. The van der Waals surface area contributed by atoms with Crippen molar-refractivity contribution in [3.05, 3.63) is 0 Å². The van der Waals surface area contributed by atoms with E-state index in [4.69, 9.17) is 4.74 Å². The van der Waals surface area contributed by atoms with Gasteiger partial charge in [0.05, 0.1) is 6.61 Å². The number of ether oxygens (including phenoxy) is 1. The molecule has 0 fully saturated rings. The highest BCUT2D eigenvalue weighted by atomic mass is 16.5. The minimum absolute atomic E-state index is 0.205. The highest BCUT2D eigenvalue weighted by Crippen LogP contribution is 2.11. The van der Waals surface area contributed by atoms with Crippen molar-refractivity contribution in [3.63, 3.8) is 0 Å². The highest BCUT2D eigenvalue weighted by molar-refractivity contribution is 4.78. The van der Waals surface area contributed by atoms with Crippen molar-refractivity contribution in [2.24, 2.45) is 5.92 Å². The first kappa shape index (κ1) is 17.9. The Balaban J connectivity index is 4.09. The Labute approximate surface area is 114 Å². The van der Waals surface area contributed by atoms with Crippen molar-refractivity contribution in [3.8, 4) is 0 Å². The van der Waals surface area contributed by atoms with Gasteiger partial charge >= 0.3 is 0 Å². The van der Waals surface area contributed by atoms with Crippen LogP contribution in [0, 0.1) is 5.92 Å². The summed E-state index contributed by atoms with van der Waals surface area (Å²) in [5.41, 5.74) is 0.205. The third-order valence-electron chi connectivity index (χ3n) is 3.49. The van der Waals surface area contributed by atoms with E-state index in [1.54, 1.807) is 0 Å². The third-order valence-corrected chi connectivity index (χ3v) is 3.49. The summed E-state index contributed by atoms with van der Waals surface area (Å²) in [5.74, 6) is 0.644. The Kier molecular flexibility index (Phi) is 8.83. The maximum absolute atomic E-state index is 5.45. The lowest BCUT2D eigenvalue weighted by molar-refractivity contribution is 0.0855. The Morgan fingerprint density at radius 2 is 1.78 bits per heavy atom. The maximum Gasteiger partial charge on any atom is 0.0593 e. The molecule has 0 aromatic rings. The lowest BCUT2D eigenvalue weighted by Gasteiger charge is -2.34. The molecule has 3 nitrogen and oxygen atoms in total. The smallest absolute Gasteiger partial charge is 0.0593 e. The summed E-state index contributed by atoms with van der Waals surface area (Å²) in [5, 5.41) is 3.59. The summed E-state index contributed by atoms with van der Waals surface area (Å²) in [7, 11) is 0. The van der Waals surface area contributed by atoms with Gasteiger partial charge in [0.2, 0.25) is 0 Å². The van der Waals surface area contributed by atoms with Crippen molar-refractivity contribution in [2.75, 3.05) is 32.8 Å². The van der Waals surface area contributed by atoms with Crippen LogP contribution in [0.3, 0.4) is 0 Å². The predicted molar refractivity (Wildman–Crippen MR) is 80.1 cm³/mol. The fourth-order valence-electron chi connectivity index (χ4n) is 1.97. The van der Waals surface area contributed by atoms with E-state index in [2.05, 4.69) is 58.7 Å². The van der Waals surface area contributed by atoms with Gasteiger partial charge in [-0.15, -0.1) is 0 Å². The molecule has 0 aromatic heterocycles. The van der Waals surface area contributed by atoms with E-state index in [1.165, 1.54) is 0 Å². The molecule has 0 aliphatic rings. The number of hydrogen-bond donors (Lipinski definition) is 1. The molecular formula is C15H34N2O. The summed E-state index contributed by atoms with van der Waals surface area (Å²) in [6.07, 6.45) is 0. The van der Waals surface area contributed by atoms with Gasteiger partial charge in [-0.2, -0.15) is 0 Å². The normalized spacial score (nSPS) is 16.0. The van der Waals surface area contributed by atoms with Gasteiger partial charge in [-0.25, -0.2) is 0 Å². The second-order valence-corrected chi connectivity index (χ2v) is 6.17. The van der Waals surface area contributed by atoms with Gasteiger partial charge in [0.25, 0.3) is 0 Å². The highest BCUT2D eigenvalue weighted by Gasteiger charge is 2.20. The van der Waals surface area contributed by atoms with E-state index in [-0.39, 0.29) is 5.54 Å². The SMILES string of the molecule is CCOCCN(CC)C(C)C(C)CNC(C)(C)C. The van der Waals surface area contributed by atoms with Crippen molar-refractivity contribution in [1.29, 1.82) is 0 Å². The minimum atomic E-state index is 0.205. The largest absolute Gasteiger partial charge is 0.380 e. The molecule has 0 saturated carbocycles. The van der Waals surface area contributed by atoms with Gasteiger partial charge in [-0.05, 0) is 53.6 Å². The van der Waals surface area contributed by atoms with Crippen LogP contribution in [0.15, 0.2) is 0 Å². The van der Waals surface area contributed by atoms with Crippen molar-refractivity contribution < 1.29 is 4.74 Å². The number of rotatable bonds is 9. The first-order valence-corrected chi connectivity index (χ1v) is 7.38. The van der Waals surface area contributed by atoms with Crippen LogP contribution in [-0.4, -0.2) is 49.3 Å². The maximum atomic E-state index is 5.45. The molecule has 2 unspecified atom stereocenters. The van der Waals surface area contributed by atoms with E-state index in [1.807, 2.05) is 0 Å². The molecule has 110 valence electrons. The Bertz CT molecular complexity index is 201. The lowest BCUT2D eigenvalue weighted by atomic mass is 10.00. The van der Waals surface area contributed by atoms with Gasteiger partial charge in [0.15, 0.2) is 0 Å². The molecule has 0 amide bonds. The van der Waals surface area contributed by atoms with E-state index in [0.717, 1.165) is 32.8 Å². The van der Waals surface area contributed by atoms with Crippen LogP contribution < -0.4 is 5.32 Å². The molecule has 0 saturated heterocycles. The second-order valence-electron chi connectivity index (χ2n) is 6.17. The fraction of sp³-hybridized carbons (Fsp3) is 1.00. The molecule has 0 aliphatic carbocycles. The van der Waals surface area contributed by atoms with Crippen LogP contribution in [0.4, 0.5) is 0 Å². The van der Waals surface area contributed by atoms with Gasteiger partial charge in [0.1, 0.15) is 0 Å². The zero-order chi connectivity index (χ0) is 14.2. The molecule has 0 rings (SSSR count). The Morgan fingerprint density at radius 3 is 2.22 bits per heavy atom. The van der Waals surface area contributed by atoms with E-state index in [0.29, 0.717) is 12.0 Å². The first-order chi connectivity index (χ1) is 8.31. The molecule has 0 heterocycles. The predicted octanol–water partition coefficient (Wildman–Crippen LogP) is 2.76. The van der Waals surface area contributed by atoms with E-state index < -0.39 is 0 Å². The average Bonchev–Trinajstić information content (AvgIpc) is 2.30. The van der Waals surface area contributed by atoms with E-state index in [9.17, 15) is 0 Å². The van der Waals surface area contributed by atoms with Crippen LogP contribution in [0.25, 0.3) is 0 Å². The molecule has 0 aromatic carbocycles. The monoisotopic (exact) mass is 258 g/mol. The van der Waals surface area contributed by atoms with Crippen LogP contribution >= 0.6 is 0 Å². The number of nitrogens with one attached hydrogen (secondary N) is 1. The summed E-state index contributed by atoms with van der Waals surface area (Å²) in [4.78, 5) is 2.50. The fourth-order valence-corrected chi connectivity index (χ4v) is 1.97. The molecule has 1 N–H and O–H groups in total. The Hall–Kier alpha value is -0.120. The topological polar surface area (TPSA) is 24.5 Å². The summed E-state index contributed by atoms with van der Waals surface area (Å²) in [6, 6.07) is 0.588. The van der Waals surface area contributed by atoms with Gasteiger partial charge in [-0.1, -0.05) is 13.8 Å². The zero-order valence-corrected chi connectivity index (χ0v) is 13.5. The van der Waals surface area contributed by atoms with Crippen LogP contribution in [0.1, 0.15) is 48.5 Å². The molecule has 0 bridgehead atoms.